The van der Waals surface area contributed by atoms with Gasteiger partial charge in [-0.2, -0.15) is 0 Å². The first-order valence-corrected chi connectivity index (χ1v) is 5.99. The van der Waals surface area contributed by atoms with E-state index in [-0.39, 0.29) is 5.78 Å². The second-order valence-corrected chi connectivity index (χ2v) is 4.00. The number of aromatic nitrogens is 2. The maximum Gasteiger partial charge on any atom is 0.140 e. The number of ketones is 1. The van der Waals surface area contributed by atoms with Crippen LogP contribution in [-0.4, -0.2) is 21.9 Å². The second-order valence-electron chi connectivity index (χ2n) is 4.00. The van der Waals surface area contributed by atoms with Crippen molar-refractivity contribution in [3.63, 3.8) is 0 Å². The molecule has 4 nitrogen and oxygen atoms in total. The van der Waals surface area contributed by atoms with Crippen LogP contribution in [0.3, 0.4) is 0 Å². The SMILES string of the molecule is CCCn1ccnc1CC(=O)CCCCN. The van der Waals surface area contributed by atoms with Crippen molar-refractivity contribution in [2.75, 3.05) is 6.54 Å². The van der Waals surface area contributed by atoms with E-state index < -0.39 is 0 Å². The molecule has 0 radical (unpaired) electrons. The van der Waals surface area contributed by atoms with E-state index in [9.17, 15) is 4.79 Å². The summed E-state index contributed by atoms with van der Waals surface area (Å²) in [5.74, 6) is 1.15. The average molecular weight is 223 g/mol. The number of hydrogen-bond donors (Lipinski definition) is 1. The van der Waals surface area contributed by atoms with Crippen LogP contribution in [-0.2, 0) is 17.8 Å². The van der Waals surface area contributed by atoms with Crippen LogP contribution in [0, 0.1) is 0 Å². The Morgan fingerprint density at radius 3 is 3.00 bits per heavy atom. The summed E-state index contributed by atoms with van der Waals surface area (Å²) in [5.41, 5.74) is 5.39. The number of nitrogens with zero attached hydrogens (tertiary/aromatic N) is 2. The summed E-state index contributed by atoms with van der Waals surface area (Å²) in [6.07, 6.45) is 7.65. The van der Waals surface area contributed by atoms with Gasteiger partial charge in [0.05, 0.1) is 6.42 Å². The zero-order valence-electron chi connectivity index (χ0n) is 9.98. The van der Waals surface area contributed by atoms with E-state index in [0.717, 1.165) is 31.6 Å². The second kappa shape index (κ2) is 7.17. The lowest BCUT2D eigenvalue weighted by atomic mass is 10.1. The Hall–Kier alpha value is -1.16. The highest BCUT2D eigenvalue weighted by atomic mass is 16.1. The molecule has 0 bridgehead atoms. The van der Waals surface area contributed by atoms with Crippen LogP contribution in [0.5, 0.6) is 0 Å². The zero-order valence-corrected chi connectivity index (χ0v) is 9.98. The molecule has 0 unspecified atom stereocenters. The van der Waals surface area contributed by atoms with Crippen molar-refractivity contribution in [1.29, 1.82) is 0 Å². The Morgan fingerprint density at radius 1 is 1.50 bits per heavy atom. The third kappa shape index (κ3) is 4.14. The number of imidazole rings is 1. The lowest BCUT2D eigenvalue weighted by Gasteiger charge is -2.05. The minimum absolute atomic E-state index is 0.261. The largest absolute Gasteiger partial charge is 0.335 e. The number of hydrogen-bond acceptors (Lipinski definition) is 3. The summed E-state index contributed by atoms with van der Waals surface area (Å²) < 4.78 is 2.06. The third-order valence-corrected chi connectivity index (χ3v) is 2.53. The van der Waals surface area contributed by atoms with Gasteiger partial charge < -0.3 is 10.3 Å². The number of nitrogens with two attached hydrogens (primary N) is 1. The van der Waals surface area contributed by atoms with Crippen molar-refractivity contribution < 1.29 is 4.79 Å². The molecule has 0 aliphatic heterocycles. The van der Waals surface area contributed by atoms with Crippen LogP contribution in [0.2, 0.25) is 0 Å². The van der Waals surface area contributed by atoms with E-state index >= 15 is 0 Å². The molecular formula is C12H21N3O. The Balaban J connectivity index is 2.39. The van der Waals surface area contributed by atoms with Crippen LogP contribution < -0.4 is 5.73 Å². The summed E-state index contributed by atoms with van der Waals surface area (Å²) in [5, 5.41) is 0. The molecule has 0 atom stereocenters. The minimum Gasteiger partial charge on any atom is -0.335 e. The smallest absolute Gasteiger partial charge is 0.140 e. The molecule has 0 amide bonds. The highest BCUT2D eigenvalue weighted by Gasteiger charge is 2.08. The predicted octanol–water partition coefficient (Wildman–Crippen LogP) is 1.53. The molecule has 0 saturated heterocycles. The quantitative estimate of drug-likeness (QED) is 0.680. The Morgan fingerprint density at radius 2 is 2.31 bits per heavy atom. The number of aryl methyl sites for hydroxylation is 1. The fraction of sp³-hybridized carbons (Fsp3) is 0.667. The maximum absolute atomic E-state index is 11.6. The van der Waals surface area contributed by atoms with Gasteiger partial charge in [0.25, 0.3) is 0 Å². The molecule has 0 aromatic carbocycles. The van der Waals surface area contributed by atoms with Crippen molar-refractivity contribution in [3.8, 4) is 0 Å². The Kier molecular flexibility index (Phi) is 5.78. The average Bonchev–Trinajstić information content (AvgIpc) is 2.67. The van der Waals surface area contributed by atoms with Gasteiger partial charge in [0.2, 0.25) is 0 Å². The van der Waals surface area contributed by atoms with Crippen molar-refractivity contribution in [2.45, 2.75) is 45.6 Å². The van der Waals surface area contributed by atoms with E-state index in [1.165, 1.54) is 0 Å². The lowest BCUT2D eigenvalue weighted by Crippen LogP contribution is -2.10. The first kappa shape index (κ1) is 12.9. The van der Waals surface area contributed by atoms with Gasteiger partial charge in [0, 0.05) is 25.4 Å². The number of rotatable bonds is 8. The van der Waals surface area contributed by atoms with Crippen LogP contribution >= 0.6 is 0 Å². The molecule has 0 fully saturated rings. The highest BCUT2D eigenvalue weighted by Crippen LogP contribution is 2.04. The van der Waals surface area contributed by atoms with E-state index in [4.69, 9.17) is 5.73 Å². The normalized spacial score (nSPS) is 10.6. The van der Waals surface area contributed by atoms with Crippen LogP contribution in [0.15, 0.2) is 12.4 Å². The molecule has 2 N–H and O–H groups in total. The topological polar surface area (TPSA) is 60.9 Å². The monoisotopic (exact) mass is 223 g/mol. The van der Waals surface area contributed by atoms with Crippen molar-refractivity contribution in [1.82, 2.24) is 9.55 Å². The van der Waals surface area contributed by atoms with Crippen molar-refractivity contribution in [3.05, 3.63) is 18.2 Å². The van der Waals surface area contributed by atoms with Crippen LogP contribution in [0.1, 0.15) is 38.4 Å². The van der Waals surface area contributed by atoms with E-state index in [1.54, 1.807) is 6.20 Å². The molecule has 16 heavy (non-hydrogen) atoms. The summed E-state index contributed by atoms with van der Waals surface area (Å²) in [7, 11) is 0. The molecule has 0 aliphatic rings. The Labute approximate surface area is 96.9 Å². The molecule has 4 heteroatoms. The lowest BCUT2D eigenvalue weighted by molar-refractivity contribution is -0.118. The van der Waals surface area contributed by atoms with E-state index in [1.807, 2.05) is 6.20 Å². The highest BCUT2D eigenvalue weighted by molar-refractivity contribution is 5.80. The molecular weight excluding hydrogens is 202 g/mol. The molecule has 1 aromatic heterocycles. The van der Waals surface area contributed by atoms with E-state index in [2.05, 4.69) is 16.5 Å². The van der Waals surface area contributed by atoms with Gasteiger partial charge in [-0.1, -0.05) is 6.92 Å². The molecule has 0 spiro atoms. The predicted molar refractivity (Wildman–Crippen MR) is 64.1 cm³/mol. The molecule has 0 aliphatic carbocycles. The molecule has 1 heterocycles. The van der Waals surface area contributed by atoms with Gasteiger partial charge in [0.1, 0.15) is 11.6 Å². The van der Waals surface area contributed by atoms with Crippen molar-refractivity contribution in [2.24, 2.45) is 5.73 Å². The van der Waals surface area contributed by atoms with Gasteiger partial charge >= 0.3 is 0 Å². The minimum atomic E-state index is 0.261. The maximum atomic E-state index is 11.6. The fourth-order valence-electron chi connectivity index (χ4n) is 1.68. The standard InChI is InChI=1S/C12H21N3O/c1-2-8-15-9-7-14-12(15)10-11(16)5-3-4-6-13/h7,9H,2-6,8,10,13H2,1H3. The summed E-state index contributed by atoms with van der Waals surface area (Å²) in [6.45, 7) is 3.72. The van der Waals surface area contributed by atoms with Gasteiger partial charge in [-0.25, -0.2) is 4.98 Å². The van der Waals surface area contributed by atoms with Gasteiger partial charge in [-0.05, 0) is 25.8 Å². The van der Waals surface area contributed by atoms with Gasteiger partial charge in [-0.3, -0.25) is 4.79 Å². The number of unbranched alkanes of at least 4 members (excludes halogenated alkanes) is 1. The van der Waals surface area contributed by atoms with Gasteiger partial charge in [0.15, 0.2) is 0 Å². The molecule has 90 valence electrons. The summed E-state index contributed by atoms with van der Waals surface area (Å²) >= 11 is 0. The number of Topliss-reactive ketones (excluding diaryl/α,β-unsaturated/α-hetero) is 1. The molecule has 1 rings (SSSR count). The zero-order chi connectivity index (χ0) is 11.8. The number of carbonyl (C=O) groups excluding carboxylic acids is 1. The first-order valence-electron chi connectivity index (χ1n) is 5.99. The molecule has 1 aromatic rings. The molecule has 0 saturated carbocycles. The first-order chi connectivity index (χ1) is 7.77. The number of carbonyl (C=O) groups is 1. The summed E-state index contributed by atoms with van der Waals surface area (Å²) in [6, 6.07) is 0. The fourth-order valence-corrected chi connectivity index (χ4v) is 1.68. The van der Waals surface area contributed by atoms with Gasteiger partial charge in [-0.15, -0.1) is 0 Å². The van der Waals surface area contributed by atoms with Crippen LogP contribution in [0.4, 0.5) is 0 Å². The van der Waals surface area contributed by atoms with Crippen LogP contribution in [0.25, 0.3) is 0 Å². The van der Waals surface area contributed by atoms with E-state index in [0.29, 0.717) is 19.4 Å². The third-order valence-electron chi connectivity index (χ3n) is 2.53. The van der Waals surface area contributed by atoms with Crippen molar-refractivity contribution >= 4 is 5.78 Å². The Bertz CT molecular complexity index is 320. The summed E-state index contributed by atoms with van der Waals surface area (Å²) in [4.78, 5) is 15.9.